The van der Waals surface area contributed by atoms with Gasteiger partial charge in [0, 0.05) is 50.5 Å². The van der Waals surface area contributed by atoms with E-state index in [1.807, 2.05) is 12.3 Å². The van der Waals surface area contributed by atoms with E-state index in [2.05, 4.69) is 41.2 Å². The van der Waals surface area contributed by atoms with Gasteiger partial charge in [-0.3, -0.25) is 4.98 Å². The number of pyridine rings is 1. The zero-order valence-electron chi connectivity index (χ0n) is 10.9. The van der Waals surface area contributed by atoms with Gasteiger partial charge in [0.2, 0.25) is 0 Å². The van der Waals surface area contributed by atoms with Gasteiger partial charge in [-0.1, -0.05) is 19.9 Å². The molecule has 1 aromatic heterocycles. The Morgan fingerprint density at radius 3 is 3.06 bits per heavy atom. The molecule has 0 aromatic carbocycles. The second kappa shape index (κ2) is 6.12. The molecule has 1 aromatic rings. The Balaban J connectivity index is 1.79. The fourth-order valence-corrected chi connectivity index (χ4v) is 2.31. The van der Waals surface area contributed by atoms with Crippen molar-refractivity contribution < 1.29 is 0 Å². The molecule has 0 saturated carbocycles. The van der Waals surface area contributed by atoms with Gasteiger partial charge in [0.15, 0.2) is 0 Å². The van der Waals surface area contributed by atoms with Crippen LogP contribution in [0.25, 0.3) is 0 Å². The van der Waals surface area contributed by atoms with Crippen LogP contribution in [-0.2, 0) is 6.42 Å². The lowest BCUT2D eigenvalue weighted by Gasteiger charge is -2.35. The van der Waals surface area contributed by atoms with Crippen LogP contribution in [0.2, 0.25) is 0 Å². The quantitative estimate of drug-likeness (QED) is 0.855. The molecule has 0 bridgehead atoms. The molecular formula is C14H23N3. The third-order valence-electron chi connectivity index (χ3n) is 3.50. The van der Waals surface area contributed by atoms with E-state index in [0.29, 0.717) is 12.0 Å². The van der Waals surface area contributed by atoms with Gasteiger partial charge in [0.25, 0.3) is 0 Å². The maximum absolute atomic E-state index is 4.37. The Bertz CT molecular complexity index is 323. The molecule has 3 heteroatoms. The molecule has 0 aliphatic carbocycles. The van der Waals surface area contributed by atoms with Crippen molar-refractivity contribution in [1.29, 1.82) is 0 Å². The Labute approximate surface area is 104 Å². The lowest BCUT2D eigenvalue weighted by molar-refractivity contribution is 0.176. The summed E-state index contributed by atoms with van der Waals surface area (Å²) in [6, 6.07) is 6.80. The second-order valence-electron chi connectivity index (χ2n) is 5.18. The number of hydrogen-bond acceptors (Lipinski definition) is 3. The normalized spacial score (nSPS) is 21.9. The average Bonchev–Trinajstić information content (AvgIpc) is 2.38. The molecule has 1 fully saturated rings. The van der Waals surface area contributed by atoms with Gasteiger partial charge in [-0.05, 0) is 18.1 Å². The second-order valence-corrected chi connectivity index (χ2v) is 5.18. The third-order valence-corrected chi connectivity index (χ3v) is 3.50. The standard InChI is InChI=1S/C14H23N3/c1-12(2)14-11-17(10-8-16-14)9-6-13-5-3-4-7-15-13/h3-5,7,12,14,16H,6,8-11H2,1-2H3. The Hall–Kier alpha value is -0.930. The molecule has 1 aliphatic rings. The largest absolute Gasteiger partial charge is 0.311 e. The molecule has 1 unspecified atom stereocenters. The smallest absolute Gasteiger partial charge is 0.0416 e. The van der Waals surface area contributed by atoms with Crippen LogP contribution in [0, 0.1) is 5.92 Å². The van der Waals surface area contributed by atoms with Crippen molar-refractivity contribution in [1.82, 2.24) is 15.2 Å². The summed E-state index contributed by atoms with van der Waals surface area (Å²) in [7, 11) is 0. The Morgan fingerprint density at radius 1 is 1.47 bits per heavy atom. The molecule has 0 radical (unpaired) electrons. The van der Waals surface area contributed by atoms with Gasteiger partial charge in [0.1, 0.15) is 0 Å². The minimum Gasteiger partial charge on any atom is -0.311 e. The van der Waals surface area contributed by atoms with Crippen LogP contribution in [0.1, 0.15) is 19.5 Å². The minimum atomic E-state index is 0.646. The number of piperazine rings is 1. The number of nitrogens with one attached hydrogen (secondary N) is 1. The van der Waals surface area contributed by atoms with E-state index in [0.717, 1.165) is 26.1 Å². The van der Waals surface area contributed by atoms with E-state index in [9.17, 15) is 0 Å². The summed E-state index contributed by atoms with van der Waals surface area (Å²) >= 11 is 0. The van der Waals surface area contributed by atoms with Crippen molar-refractivity contribution >= 4 is 0 Å². The van der Waals surface area contributed by atoms with Crippen LogP contribution in [-0.4, -0.2) is 42.1 Å². The van der Waals surface area contributed by atoms with Crippen molar-refractivity contribution in [3.8, 4) is 0 Å². The maximum Gasteiger partial charge on any atom is 0.0416 e. The molecule has 1 N–H and O–H groups in total. The van der Waals surface area contributed by atoms with E-state index in [1.54, 1.807) is 0 Å². The minimum absolute atomic E-state index is 0.646. The molecule has 0 spiro atoms. The van der Waals surface area contributed by atoms with Gasteiger partial charge >= 0.3 is 0 Å². The van der Waals surface area contributed by atoms with Crippen molar-refractivity contribution in [3.05, 3.63) is 30.1 Å². The number of rotatable bonds is 4. The number of aromatic nitrogens is 1. The first-order valence-electron chi connectivity index (χ1n) is 6.61. The summed E-state index contributed by atoms with van der Waals surface area (Å²) in [5, 5.41) is 3.59. The molecule has 17 heavy (non-hydrogen) atoms. The first-order valence-corrected chi connectivity index (χ1v) is 6.61. The summed E-state index contributed by atoms with van der Waals surface area (Å²) in [5.74, 6) is 0.715. The average molecular weight is 233 g/mol. The highest BCUT2D eigenvalue weighted by molar-refractivity contribution is 5.03. The Kier molecular flexibility index (Phi) is 4.51. The molecule has 1 aliphatic heterocycles. The summed E-state index contributed by atoms with van der Waals surface area (Å²) in [6.07, 6.45) is 2.94. The van der Waals surface area contributed by atoms with Crippen LogP contribution >= 0.6 is 0 Å². The third kappa shape index (κ3) is 3.79. The molecule has 1 saturated heterocycles. The molecule has 1 atom stereocenters. The molecular weight excluding hydrogens is 210 g/mol. The van der Waals surface area contributed by atoms with E-state index >= 15 is 0 Å². The number of hydrogen-bond donors (Lipinski definition) is 1. The fourth-order valence-electron chi connectivity index (χ4n) is 2.31. The summed E-state index contributed by atoms with van der Waals surface area (Å²) in [5.41, 5.74) is 1.20. The lowest BCUT2D eigenvalue weighted by atomic mass is 10.0. The predicted molar refractivity (Wildman–Crippen MR) is 71.0 cm³/mol. The highest BCUT2D eigenvalue weighted by Gasteiger charge is 2.21. The van der Waals surface area contributed by atoms with Gasteiger partial charge in [-0.25, -0.2) is 0 Å². The highest BCUT2D eigenvalue weighted by atomic mass is 15.2. The van der Waals surface area contributed by atoms with Gasteiger partial charge in [-0.15, -0.1) is 0 Å². The van der Waals surface area contributed by atoms with E-state index in [1.165, 1.54) is 12.2 Å². The fraction of sp³-hybridized carbons (Fsp3) is 0.643. The summed E-state index contributed by atoms with van der Waals surface area (Å²) in [4.78, 5) is 6.93. The zero-order chi connectivity index (χ0) is 12.1. The van der Waals surface area contributed by atoms with E-state index in [-0.39, 0.29) is 0 Å². The first kappa shape index (κ1) is 12.5. The molecule has 3 nitrogen and oxygen atoms in total. The van der Waals surface area contributed by atoms with Crippen LogP contribution in [0.4, 0.5) is 0 Å². The topological polar surface area (TPSA) is 28.2 Å². The highest BCUT2D eigenvalue weighted by Crippen LogP contribution is 2.08. The van der Waals surface area contributed by atoms with Crippen molar-refractivity contribution in [2.24, 2.45) is 5.92 Å². The maximum atomic E-state index is 4.37. The monoisotopic (exact) mass is 233 g/mol. The Morgan fingerprint density at radius 2 is 2.35 bits per heavy atom. The molecule has 0 amide bonds. The van der Waals surface area contributed by atoms with Crippen molar-refractivity contribution in [3.63, 3.8) is 0 Å². The van der Waals surface area contributed by atoms with E-state index < -0.39 is 0 Å². The number of nitrogens with zero attached hydrogens (tertiary/aromatic N) is 2. The van der Waals surface area contributed by atoms with Gasteiger partial charge < -0.3 is 10.2 Å². The van der Waals surface area contributed by atoms with E-state index in [4.69, 9.17) is 0 Å². The molecule has 2 rings (SSSR count). The summed E-state index contributed by atoms with van der Waals surface area (Å²) in [6.45, 7) is 9.16. The predicted octanol–water partition coefficient (Wildman–Crippen LogP) is 1.55. The molecule has 94 valence electrons. The lowest BCUT2D eigenvalue weighted by Crippen LogP contribution is -2.53. The van der Waals surface area contributed by atoms with Gasteiger partial charge in [0.05, 0.1) is 0 Å². The van der Waals surface area contributed by atoms with Crippen molar-refractivity contribution in [2.75, 3.05) is 26.2 Å². The van der Waals surface area contributed by atoms with Crippen LogP contribution in [0.5, 0.6) is 0 Å². The zero-order valence-corrected chi connectivity index (χ0v) is 10.9. The van der Waals surface area contributed by atoms with Crippen LogP contribution in [0.3, 0.4) is 0 Å². The first-order chi connectivity index (χ1) is 8.25. The molecule has 2 heterocycles. The SMILES string of the molecule is CC(C)C1CN(CCc2ccccn2)CCN1. The van der Waals surface area contributed by atoms with Crippen LogP contribution < -0.4 is 5.32 Å². The van der Waals surface area contributed by atoms with Crippen molar-refractivity contribution in [2.45, 2.75) is 26.3 Å². The van der Waals surface area contributed by atoms with Gasteiger partial charge in [-0.2, -0.15) is 0 Å². The summed E-state index contributed by atoms with van der Waals surface area (Å²) < 4.78 is 0. The van der Waals surface area contributed by atoms with Crippen LogP contribution in [0.15, 0.2) is 24.4 Å².